The summed E-state index contributed by atoms with van der Waals surface area (Å²) in [4.78, 5) is 23.3. The average molecular weight is 308 g/mol. The molecule has 0 spiro atoms. The van der Waals surface area contributed by atoms with Crippen molar-refractivity contribution in [1.29, 1.82) is 0 Å². The van der Waals surface area contributed by atoms with Crippen LogP contribution in [0, 0.1) is 0 Å². The zero-order chi connectivity index (χ0) is 15.9. The molecule has 3 heterocycles. The van der Waals surface area contributed by atoms with Gasteiger partial charge < -0.3 is 26.0 Å². The topological polar surface area (TPSA) is 148 Å². The number of nitrogens with two attached hydrogens (primary N) is 1. The standard InChI is InChI=1S/C12H16N6O4/c1-5(20)17-7-6(2-19)22-12(9(7)21)18-4-16-8-10(13)14-3-15-11(8)18/h3-4,6-7,9,12,19,21H,2H2,1H3,(H,17,20)(H2,13,14,15)/t6-,7?,9-,12-/m1/s1. The number of amides is 1. The van der Waals surface area contributed by atoms with Gasteiger partial charge in [-0.25, -0.2) is 15.0 Å². The summed E-state index contributed by atoms with van der Waals surface area (Å²) in [6, 6.07) is -0.732. The van der Waals surface area contributed by atoms with E-state index in [-0.39, 0.29) is 18.3 Å². The maximum Gasteiger partial charge on any atom is 0.217 e. The number of aliphatic hydroxyl groups excluding tert-OH is 2. The van der Waals surface area contributed by atoms with E-state index in [1.54, 1.807) is 0 Å². The maximum atomic E-state index is 11.2. The van der Waals surface area contributed by atoms with Gasteiger partial charge in [0.15, 0.2) is 17.7 Å². The van der Waals surface area contributed by atoms with Crippen molar-refractivity contribution < 1.29 is 19.7 Å². The lowest BCUT2D eigenvalue weighted by Gasteiger charge is -2.19. The third-order valence-corrected chi connectivity index (χ3v) is 3.59. The van der Waals surface area contributed by atoms with Crippen LogP contribution in [-0.2, 0) is 9.53 Å². The van der Waals surface area contributed by atoms with Crippen LogP contribution in [-0.4, -0.2) is 60.5 Å². The normalized spacial score (nSPS) is 28.1. The third kappa shape index (κ3) is 2.26. The fraction of sp³-hybridized carbons (Fsp3) is 0.500. The molecular formula is C12H16N6O4. The molecule has 0 radical (unpaired) electrons. The van der Waals surface area contributed by atoms with Crippen LogP contribution in [0.25, 0.3) is 11.2 Å². The molecule has 0 saturated carbocycles. The number of aliphatic hydroxyl groups is 2. The molecule has 10 heteroatoms. The molecule has 5 N–H and O–H groups in total. The van der Waals surface area contributed by atoms with Gasteiger partial charge in [0.1, 0.15) is 24.1 Å². The number of hydrogen-bond donors (Lipinski definition) is 4. The van der Waals surface area contributed by atoms with Crippen molar-refractivity contribution in [2.24, 2.45) is 0 Å². The molecule has 1 saturated heterocycles. The van der Waals surface area contributed by atoms with Crippen molar-refractivity contribution in [3.63, 3.8) is 0 Å². The Morgan fingerprint density at radius 1 is 1.50 bits per heavy atom. The lowest BCUT2D eigenvalue weighted by atomic mass is 10.1. The molecular weight excluding hydrogens is 292 g/mol. The minimum Gasteiger partial charge on any atom is -0.394 e. The van der Waals surface area contributed by atoms with Gasteiger partial charge >= 0.3 is 0 Å². The molecule has 4 atom stereocenters. The summed E-state index contributed by atoms with van der Waals surface area (Å²) in [6.45, 7) is 0.983. The van der Waals surface area contributed by atoms with E-state index in [1.807, 2.05) is 0 Å². The number of anilines is 1. The number of fused-ring (bicyclic) bond motifs is 1. The van der Waals surface area contributed by atoms with Crippen LogP contribution < -0.4 is 11.1 Å². The van der Waals surface area contributed by atoms with Crippen LogP contribution >= 0.6 is 0 Å². The molecule has 2 aromatic heterocycles. The smallest absolute Gasteiger partial charge is 0.217 e. The first-order valence-electron chi connectivity index (χ1n) is 6.67. The molecule has 118 valence electrons. The number of nitrogens with zero attached hydrogens (tertiary/aromatic N) is 4. The van der Waals surface area contributed by atoms with E-state index in [0.717, 1.165) is 0 Å². The fourth-order valence-corrected chi connectivity index (χ4v) is 2.60. The Kier molecular flexibility index (Phi) is 3.64. The number of carbonyl (C=O) groups is 1. The SMILES string of the molecule is CC(=O)NC1[C@@H](O)[C@H](n2cnc3c(N)ncnc32)O[C@@H]1CO. The molecule has 1 aliphatic heterocycles. The van der Waals surface area contributed by atoms with Gasteiger partial charge in [-0.1, -0.05) is 0 Å². The number of ether oxygens (including phenoxy) is 1. The van der Waals surface area contributed by atoms with Crippen LogP contribution in [0.5, 0.6) is 0 Å². The van der Waals surface area contributed by atoms with Gasteiger partial charge in [-0.3, -0.25) is 9.36 Å². The highest BCUT2D eigenvalue weighted by atomic mass is 16.5. The number of imidazole rings is 1. The number of nitrogen functional groups attached to an aromatic ring is 1. The van der Waals surface area contributed by atoms with Crippen LogP contribution in [0.2, 0.25) is 0 Å². The second-order valence-electron chi connectivity index (χ2n) is 5.05. The van der Waals surface area contributed by atoms with Gasteiger partial charge in [-0.2, -0.15) is 0 Å². The Bertz CT molecular complexity index is 704. The van der Waals surface area contributed by atoms with Crippen LogP contribution in [0.1, 0.15) is 13.2 Å². The Labute approximate surface area is 124 Å². The lowest BCUT2D eigenvalue weighted by Crippen LogP contribution is -2.47. The summed E-state index contributed by atoms with van der Waals surface area (Å²) in [5, 5.41) is 22.4. The molecule has 1 amide bonds. The molecule has 0 bridgehead atoms. The first kappa shape index (κ1) is 14.6. The third-order valence-electron chi connectivity index (χ3n) is 3.59. The summed E-state index contributed by atoms with van der Waals surface area (Å²) in [5.41, 5.74) is 6.51. The number of carbonyl (C=O) groups excluding carboxylic acids is 1. The predicted octanol–water partition coefficient (Wildman–Crippen LogP) is -1.84. The second kappa shape index (κ2) is 5.48. The molecule has 10 nitrogen and oxygen atoms in total. The van der Waals surface area contributed by atoms with Crippen LogP contribution in [0.15, 0.2) is 12.7 Å². The second-order valence-corrected chi connectivity index (χ2v) is 5.05. The molecule has 2 aromatic rings. The Balaban J connectivity index is 1.97. The van der Waals surface area contributed by atoms with Crippen molar-refractivity contribution in [3.8, 4) is 0 Å². The lowest BCUT2D eigenvalue weighted by molar-refractivity contribution is -0.120. The summed E-state index contributed by atoms with van der Waals surface area (Å²) < 4.78 is 7.14. The highest BCUT2D eigenvalue weighted by Gasteiger charge is 2.45. The van der Waals surface area contributed by atoms with Crippen molar-refractivity contribution in [1.82, 2.24) is 24.8 Å². The van der Waals surface area contributed by atoms with E-state index in [9.17, 15) is 15.0 Å². The van der Waals surface area contributed by atoms with Gasteiger partial charge in [-0.15, -0.1) is 0 Å². The average Bonchev–Trinajstić information content (AvgIpc) is 3.02. The molecule has 1 fully saturated rings. The number of nitrogens with one attached hydrogen (secondary N) is 1. The van der Waals surface area contributed by atoms with E-state index in [1.165, 1.54) is 24.1 Å². The van der Waals surface area contributed by atoms with Crippen LogP contribution in [0.3, 0.4) is 0 Å². The van der Waals surface area contributed by atoms with Crippen LogP contribution in [0.4, 0.5) is 5.82 Å². The molecule has 0 aliphatic carbocycles. The highest BCUT2D eigenvalue weighted by molar-refractivity contribution is 5.81. The summed E-state index contributed by atoms with van der Waals surface area (Å²) in [5.74, 6) is -0.109. The summed E-state index contributed by atoms with van der Waals surface area (Å²) >= 11 is 0. The van der Waals surface area contributed by atoms with E-state index < -0.39 is 24.5 Å². The van der Waals surface area contributed by atoms with Gasteiger partial charge in [0.25, 0.3) is 0 Å². The number of rotatable bonds is 3. The predicted molar refractivity (Wildman–Crippen MR) is 74.3 cm³/mol. The Morgan fingerprint density at radius 2 is 2.27 bits per heavy atom. The van der Waals surface area contributed by atoms with Crippen molar-refractivity contribution in [2.45, 2.75) is 31.4 Å². The van der Waals surface area contributed by atoms with Gasteiger partial charge in [-0.05, 0) is 0 Å². The maximum absolute atomic E-state index is 11.2. The summed E-state index contributed by atoms with van der Waals surface area (Å²) in [7, 11) is 0. The molecule has 22 heavy (non-hydrogen) atoms. The quantitative estimate of drug-likeness (QED) is 0.517. The minimum absolute atomic E-state index is 0.216. The Hall–Kier alpha value is -2.30. The molecule has 0 aromatic carbocycles. The molecule has 1 aliphatic rings. The zero-order valence-corrected chi connectivity index (χ0v) is 11.7. The summed E-state index contributed by atoms with van der Waals surface area (Å²) in [6.07, 6.45) is 0.0451. The first-order chi connectivity index (χ1) is 10.5. The Morgan fingerprint density at radius 3 is 2.95 bits per heavy atom. The fourth-order valence-electron chi connectivity index (χ4n) is 2.60. The van der Waals surface area contributed by atoms with Gasteiger partial charge in [0.2, 0.25) is 5.91 Å². The van der Waals surface area contributed by atoms with Crippen molar-refractivity contribution in [2.75, 3.05) is 12.3 Å². The number of hydrogen-bond acceptors (Lipinski definition) is 8. The zero-order valence-electron chi connectivity index (χ0n) is 11.7. The molecule has 1 unspecified atom stereocenters. The first-order valence-corrected chi connectivity index (χ1v) is 6.67. The monoisotopic (exact) mass is 308 g/mol. The minimum atomic E-state index is -1.07. The van der Waals surface area contributed by atoms with Gasteiger partial charge in [0.05, 0.1) is 19.0 Å². The van der Waals surface area contributed by atoms with Gasteiger partial charge in [0, 0.05) is 6.92 Å². The van der Waals surface area contributed by atoms with E-state index in [4.69, 9.17) is 10.5 Å². The highest BCUT2D eigenvalue weighted by Crippen LogP contribution is 2.31. The molecule has 3 rings (SSSR count). The largest absolute Gasteiger partial charge is 0.394 e. The van der Waals surface area contributed by atoms with E-state index in [0.29, 0.717) is 11.2 Å². The van der Waals surface area contributed by atoms with Crippen molar-refractivity contribution in [3.05, 3.63) is 12.7 Å². The van der Waals surface area contributed by atoms with E-state index in [2.05, 4.69) is 20.3 Å². The van der Waals surface area contributed by atoms with Crippen molar-refractivity contribution >= 4 is 22.9 Å². The number of aromatic nitrogens is 4. The van der Waals surface area contributed by atoms with E-state index >= 15 is 0 Å².